The molecule has 33 heavy (non-hydrogen) atoms. The Kier molecular flexibility index (Phi) is 8.65. The van der Waals surface area contributed by atoms with Crippen molar-refractivity contribution in [3.8, 4) is 0 Å². The molecule has 178 valence electrons. The number of benzene rings is 2. The Labute approximate surface area is 209 Å². The van der Waals surface area contributed by atoms with Crippen LogP contribution in [0.25, 0.3) is 0 Å². The SMILES string of the molecule is CC(C)(C)c1ccc(CCP(=[Se])(CCc2ccc(C(C)(C)C)cc2)CCn2ccnc2)cc1. The molecule has 0 amide bonds. The minimum absolute atomic E-state index is 0.209. The molecule has 3 aromatic rings. The van der Waals surface area contributed by atoms with E-state index in [4.69, 9.17) is 0 Å². The van der Waals surface area contributed by atoms with Crippen molar-refractivity contribution in [2.75, 3.05) is 18.5 Å². The predicted molar refractivity (Wildman–Crippen MR) is 147 cm³/mol. The zero-order valence-electron chi connectivity index (χ0n) is 21.3. The maximum atomic E-state index is 4.23. The summed E-state index contributed by atoms with van der Waals surface area (Å²) in [7, 11) is 0. The van der Waals surface area contributed by atoms with Crippen molar-refractivity contribution in [3.63, 3.8) is 0 Å². The van der Waals surface area contributed by atoms with Gasteiger partial charge in [0.15, 0.2) is 0 Å². The van der Waals surface area contributed by atoms with Crippen LogP contribution < -0.4 is 0 Å². The molecular formula is C29H41N2PSe. The molecule has 0 N–H and O–H groups in total. The fraction of sp³-hybridized carbons (Fsp3) is 0.483. The van der Waals surface area contributed by atoms with Gasteiger partial charge in [-0.2, -0.15) is 0 Å². The molecule has 0 saturated carbocycles. The summed E-state index contributed by atoms with van der Waals surface area (Å²) in [5.41, 5.74) is 4.95. The van der Waals surface area contributed by atoms with Crippen LogP contribution in [-0.2, 0) is 30.2 Å². The quantitative estimate of drug-likeness (QED) is 0.215. The van der Waals surface area contributed by atoms with Crippen molar-refractivity contribution in [1.82, 2.24) is 9.55 Å². The van der Waals surface area contributed by atoms with Crippen molar-refractivity contribution in [2.45, 2.75) is 71.8 Å². The first kappa shape index (κ1) is 26.2. The molecule has 0 bridgehead atoms. The van der Waals surface area contributed by atoms with Gasteiger partial charge in [0.25, 0.3) is 0 Å². The topological polar surface area (TPSA) is 17.8 Å². The first-order chi connectivity index (χ1) is 15.4. The van der Waals surface area contributed by atoms with Crippen molar-refractivity contribution in [2.24, 2.45) is 0 Å². The van der Waals surface area contributed by atoms with E-state index in [1.54, 1.807) is 0 Å². The Morgan fingerprint density at radius 3 is 1.55 bits per heavy atom. The number of hydrogen-bond acceptors (Lipinski definition) is 1. The Morgan fingerprint density at radius 1 is 0.727 bits per heavy atom. The van der Waals surface area contributed by atoms with E-state index < -0.39 is 5.51 Å². The van der Waals surface area contributed by atoms with Gasteiger partial charge in [0, 0.05) is 0 Å². The number of aromatic nitrogens is 2. The Balaban J connectivity index is 1.67. The van der Waals surface area contributed by atoms with Gasteiger partial charge in [0.2, 0.25) is 0 Å². The van der Waals surface area contributed by atoms with E-state index in [1.165, 1.54) is 40.7 Å². The second-order valence-electron chi connectivity index (χ2n) is 11.4. The van der Waals surface area contributed by atoms with Gasteiger partial charge >= 0.3 is 210 Å². The van der Waals surface area contributed by atoms with Crippen molar-refractivity contribution >= 4 is 20.6 Å². The summed E-state index contributed by atoms with van der Waals surface area (Å²) >= 11 is 3.74. The van der Waals surface area contributed by atoms with E-state index in [0.717, 1.165) is 19.4 Å². The van der Waals surface area contributed by atoms with Gasteiger partial charge < -0.3 is 0 Å². The molecule has 0 atom stereocenters. The average Bonchev–Trinajstić information content (AvgIpc) is 3.28. The third kappa shape index (κ3) is 8.10. The van der Waals surface area contributed by atoms with E-state index in [1.807, 2.05) is 12.5 Å². The third-order valence-corrected chi connectivity index (χ3v) is 13.1. The number of aryl methyl sites for hydroxylation is 3. The number of imidazole rings is 1. The normalized spacial score (nSPS) is 12.8. The molecule has 0 radical (unpaired) electrons. The number of nitrogens with zero attached hydrogens (tertiary/aromatic N) is 2. The molecule has 1 heterocycles. The van der Waals surface area contributed by atoms with Crippen LogP contribution in [0.3, 0.4) is 0 Å². The maximum absolute atomic E-state index is 4.23. The molecule has 0 aliphatic heterocycles. The summed E-state index contributed by atoms with van der Waals surface area (Å²) in [4.78, 5) is 4.23. The second-order valence-corrected chi connectivity index (χ2v) is 19.8. The molecular weight excluding hydrogens is 486 g/mol. The third-order valence-electron chi connectivity index (χ3n) is 6.58. The standard InChI is InChI=1S/C29H41N2PSe/c1-28(2,3)26-11-7-24(8-12-26)15-20-32(33,22-19-31-18-17-30-23-31)21-16-25-9-13-27(14-10-25)29(4,5)6/h7-14,17-18,23H,15-16,19-22H2,1-6H3. The Bertz CT molecular complexity index is 971. The second kappa shape index (κ2) is 10.9. The van der Waals surface area contributed by atoms with Gasteiger partial charge in [0.05, 0.1) is 0 Å². The zero-order valence-corrected chi connectivity index (χ0v) is 24.0. The monoisotopic (exact) mass is 528 g/mol. The van der Waals surface area contributed by atoms with Crippen molar-refractivity contribution in [1.29, 1.82) is 0 Å². The summed E-state index contributed by atoms with van der Waals surface area (Å²) < 4.78 is 2.22. The van der Waals surface area contributed by atoms with Crippen LogP contribution >= 0.6 is 5.51 Å². The first-order valence-electron chi connectivity index (χ1n) is 12.2. The number of hydrogen-bond donors (Lipinski definition) is 0. The van der Waals surface area contributed by atoms with Gasteiger partial charge in [-0.25, -0.2) is 0 Å². The number of rotatable bonds is 9. The molecule has 0 spiro atoms. The molecule has 4 heteroatoms. The zero-order chi connectivity index (χ0) is 24.1. The fourth-order valence-electron chi connectivity index (χ4n) is 4.06. The van der Waals surface area contributed by atoms with Gasteiger partial charge in [-0.15, -0.1) is 0 Å². The summed E-state index contributed by atoms with van der Waals surface area (Å²) in [5, 5.41) is 0. The van der Waals surface area contributed by atoms with E-state index in [9.17, 15) is 0 Å². The van der Waals surface area contributed by atoms with Crippen molar-refractivity contribution in [3.05, 3.63) is 89.5 Å². The molecule has 0 fully saturated rings. The van der Waals surface area contributed by atoms with Crippen LogP contribution in [-0.4, -0.2) is 43.1 Å². The molecule has 2 aromatic carbocycles. The molecule has 0 saturated heterocycles. The Morgan fingerprint density at radius 2 is 1.18 bits per heavy atom. The minimum atomic E-state index is -1.20. The van der Waals surface area contributed by atoms with Gasteiger partial charge in [-0.05, 0) is 0 Å². The van der Waals surface area contributed by atoms with E-state index in [0.29, 0.717) is 0 Å². The van der Waals surface area contributed by atoms with E-state index in [2.05, 4.69) is 121 Å². The molecule has 0 aliphatic carbocycles. The van der Waals surface area contributed by atoms with Crippen LogP contribution in [0.2, 0.25) is 0 Å². The Hall–Kier alpha value is -1.40. The molecule has 0 unspecified atom stereocenters. The van der Waals surface area contributed by atoms with Gasteiger partial charge in [-0.3, -0.25) is 0 Å². The summed E-state index contributed by atoms with van der Waals surface area (Å²) in [6, 6.07) is 18.6. The predicted octanol–water partition coefficient (Wildman–Crippen LogP) is 7.06. The van der Waals surface area contributed by atoms with Crippen LogP contribution in [0.1, 0.15) is 63.8 Å². The van der Waals surface area contributed by atoms with Gasteiger partial charge in [-0.1, -0.05) is 0 Å². The van der Waals surface area contributed by atoms with Crippen LogP contribution in [0.15, 0.2) is 67.3 Å². The molecule has 2 nitrogen and oxygen atoms in total. The van der Waals surface area contributed by atoms with Crippen LogP contribution in [0.5, 0.6) is 0 Å². The molecule has 3 rings (SSSR count). The first-order valence-corrected chi connectivity index (χ1v) is 16.7. The van der Waals surface area contributed by atoms with Gasteiger partial charge in [0.1, 0.15) is 0 Å². The van der Waals surface area contributed by atoms with E-state index >= 15 is 0 Å². The van der Waals surface area contributed by atoms with Crippen LogP contribution in [0, 0.1) is 0 Å². The summed E-state index contributed by atoms with van der Waals surface area (Å²) in [5.74, 6) is 0. The molecule has 0 aliphatic rings. The van der Waals surface area contributed by atoms with E-state index in [-0.39, 0.29) is 10.8 Å². The van der Waals surface area contributed by atoms with Crippen molar-refractivity contribution < 1.29 is 0 Å². The van der Waals surface area contributed by atoms with Crippen LogP contribution in [0.4, 0.5) is 0 Å². The summed E-state index contributed by atoms with van der Waals surface area (Å²) in [6.07, 6.45) is 12.0. The fourth-order valence-corrected chi connectivity index (χ4v) is 8.32. The summed E-state index contributed by atoms with van der Waals surface area (Å²) in [6.45, 7) is 14.7. The molecule has 1 aromatic heterocycles. The average molecular weight is 528 g/mol.